The molecule has 5 rings (SSSR count). The zero-order valence-electron chi connectivity index (χ0n) is 16.4. The highest BCUT2D eigenvalue weighted by molar-refractivity contribution is 7.18. The lowest BCUT2D eigenvalue weighted by atomic mass is 10.1. The number of hydrogen-bond acceptors (Lipinski definition) is 5. The molecule has 0 bridgehead atoms. The minimum Gasteiger partial charge on any atom is -0.329 e. The van der Waals surface area contributed by atoms with E-state index in [2.05, 4.69) is 4.98 Å². The molecule has 2 aromatic carbocycles. The van der Waals surface area contributed by atoms with Gasteiger partial charge in [-0.15, -0.1) is 11.3 Å². The monoisotopic (exact) mass is 420 g/mol. The molecule has 0 aliphatic carbocycles. The molecule has 0 unspecified atom stereocenters. The second kappa shape index (κ2) is 7.21. The van der Waals surface area contributed by atoms with Gasteiger partial charge in [-0.2, -0.15) is 0 Å². The fourth-order valence-corrected chi connectivity index (χ4v) is 5.31. The summed E-state index contributed by atoms with van der Waals surface area (Å²) in [6.07, 6.45) is 1.80. The second-order valence-corrected chi connectivity index (χ2v) is 8.47. The third kappa shape index (κ3) is 2.95. The van der Waals surface area contributed by atoms with E-state index in [1.807, 2.05) is 36.1 Å². The highest BCUT2D eigenvalue weighted by Gasteiger charge is 2.33. The standard InChI is InChI=1S/C22H20N4O3S/c1-2-25-16-10-9-13(12-15(16)23-19(27)22(25)29)21(28)26-11-5-7-17(26)20-24-14-6-3-4-8-18(14)30-20/h3-4,6,8-10,12,17H,2,5,7,11H2,1H3,(H,23,27)/t17-/m0/s1. The van der Waals surface area contributed by atoms with Crippen LogP contribution in [0.25, 0.3) is 21.3 Å². The van der Waals surface area contributed by atoms with Crippen LogP contribution in [0.3, 0.4) is 0 Å². The van der Waals surface area contributed by atoms with Crippen molar-refractivity contribution in [3.8, 4) is 0 Å². The summed E-state index contributed by atoms with van der Waals surface area (Å²) in [4.78, 5) is 46.6. The molecule has 7 nitrogen and oxygen atoms in total. The van der Waals surface area contributed by atoms with Gasteiger partial charge in [-0.25, -0.2) is 4.98 Å². The summed E-state index contributed by atoms with van der Waals surface area (Å²) in [5.41, 5.74) is 1.29. The van der Waals surface area contributed by atoms with Gasteiger partial charge >= 0.3 is 11.1 Å². The minimum atomic E-state index is -0.678. The molecule has 1 N–H and O–H groups in total. The number of nitrogens with one attached hydrogen (secondary N) is 1. The summed E-state index contributed by atoms with van der Waals surface area (Å²) in [6, 6.07) is 13.1. The second-order valence-electron chi connectivity index (χ2n) is 7.41. The first-order chi connectivity index (χ1) is 14.6. The lowest BCUT2D eigenvalue weighted by Gasteiger charge is -2.23. The van der Waals surface area contributed by atoms with Crippen molar-refractivity contribution < 1.29 is 4.79 Å². The molecule has 30 heavy (non-hydrogen) atoms. The number of carbonyl (C=O) groups excluding carboxylic acids is 1. The smallest absolute Gasteiger partial charge is 0.316 e. The average molecular weight is 420 g/mol. The number of para-hydroxylation sites is 1. The van der Waals surface area contributed by atoms with Crippen molar-refractivity contribution in [1.82, 2.24) is 19.4 Å². The van der Waals surface area contributed by atoms with Gasteiger partial charge in [0.2, 0.25) is 0 Å². The number of H-pyrrole nitrogens is 1. The molecule has 2 aromatic heterocycles. The first-order valence-corrected chi connectivity index (χ1v) is 10.8. The number of carbonyl (C=O) groups is 1. The van der Waals surface area contributed by atoms with Crippen LogP contribution in [-0.2, 0) is 6.54 Å². The maximum absolute atomic E-state index is 13.3. The fourth-order valence-electron chi connectivity index (χ4n) is 4.19. The summed E-state index contributed by atoms with van der Waals surface area (Å²) in [5.74, 6) is -0.0891. The predicted molar refractivity (Wildman–Crippen MR) is 117 cm³/mol. The largest absolute Gasteiger partial charge is 0.329 e. The molecule has 1 aliphatic heterocycles. The summed E-state index contributed by atoms with van der Waals surface area (Å²) in [7, 11) is 0. The van der Waals surface area contributed by atoms with E-state index < -0.39 is 11.1 Å². The first-order valence-electron chi connectivity index (χ1n) is 10.00. The molecule has 1 amide bonds. The van der Waals surface area contributed by atoms with Crippen LogP contribution in [0.5, 0.6) is 0 Å². The van der Waals surface area contributed by atoms with Crippen molar-refractivity contribution >= 4 is 38.5 Å². The van der Waals surface area contributed by atoms with Gasteiger partial charge in [0.25, 0.3) is 5.91 Å². The lowest BCUT2D eigenvalue weighted by Crippen LogP contribution is -2.36. The zero-order valence-corrected chi connectivity index (χ0v) is 17.2. The molecule has 1 atom stereocenters. The van der Waals surface area contributed by atoms with Crippen molar-refractivity contribution in [3.63, 3.8) is 0 Å². The van der Waals surface area contributed by atoms with E-state index in [1.54, 1.807) is 29.5 Å². The number of benzene rings is 2. The Morgan fingerprint density at radius 3 is 2.87 bits per heavy atom. The van der Waals surface area contributed by atoms with Crippen LogP contribution >= 0.6 is 11.3 Å². The van der Waals surface area contributed by atoms with Crippen molar-refractivity contribution in [2.45, 2.75) is 32.4 Å². The quantitative estimate of drug-likeness (QED) is 0.515. The van der Waals surface area contributed by atoms with Crippen LogP contribution < -0.4 is 11.1 Å². The Balaban J connectivity index is 1.53. The van der Waals surface area contributed by atoms with Crippen LogP contribution in [0.1, 0.15) is 41.2 Å². The SMILES string of the molecule is CCn1c(=O)c(=O)[nH]c2cc(C(=O)N3CCC[C@H]3c3nc4ccccc4s3)ccc21. The summed E-state index contributed by atoms with van der Waals surface area (Å²) >= 11 is 1.63. The minimum absolute atomic E-state index is 0.0470. The van der Waals surface area contributed by atoms with Crippen molar-refractivity contribution in [2.75, 3.05) is 6.54 Å². The van der Waals surface area contributed by atoms with Crippen LogP contribution in [0, 0.1) is 0 Å². The number of likely N-dealkylation sites (tertiary alicyclic amines) is 1. The van der Waals surface area contributed by atoms with Crippen molar-refractivity contribution in [2.24, 2.45) is 0 Å². The Labute approximate surface area is 175 Å². The molecular weight excluding hydrogens is 400 g/mol. The molecule has 1 fully saturated rings. The third-order valence-corrected chi connectivity index (χ3v) is 6.78. The normalized spacial score (nSPS) is 16.6. The van der Waals surface area contributed by atoms with Gasteiger partial charge in [0, 0.05) is 18.7 Å². The molecule has 0 radical (unpaired) electrons. The van der Waals surface area contributed by atoms with E-state index in [0.717, 1.165) is 28.1 Å². The van der Waals surface area contributed by atoms with Crippen LogP contribution in [0.15, 0.2) is 52.1 Å². The van der Waals surface area contributed by atoms with Gasteiger partial charge in [-0.3, -0.25) is 14.4 Å². The number of fused-ring (bicyclic) bond motifs is 2. The number of aromatic nitrogens is 3. The van der Waals surface area contributed by atoms with Crippen LogP contribution in [-0.4, -0.2) is 31.9 Å². The molecular formula is C22H20N4O3S. The maximum atomic E-state index is 13.3. The summed E-state index contributed by atoms with van der Waals surface area (Å²) < 4.78 is 2.54. The molecule has 0 spiro atoms. The summed E-state index contributed by atoms with van der Waals surface area (Å²) in [5, 5.41) is 0.955. The Hall–Kier alpha value is -3.26. The van der Waals surface area contributed by atoms with Crippen LogP contribution in [0.4, 0.5) is 0 Å². The number of hydrogen-bond donors (Lipinski definition) is 1. The maximum Gasteiger partial charge on any atom is 0.316 e. The average Bonchev–Trinajstić information content (AvgIpc) is 3.40. The van der Waals surface area contributed by atoms with E-state index in [1.165, 1.54) is 4.57 Å². The Kier molecular flexibility index (Phi) is 4.51. The van der Waals surface area contributed by atoms with Gasteiger partial charge in [-0.05, 0) is 50.1 Å². The Morgan fingerprint density at radius 1 is 1.23 bits per heavy atom. The third-order valence-electron chi connectivity index (χ3n) is 5.65. The van der Waals surface area contributed by atoms with Gasteiger partial charge in [0.05, 0.1) is 27.3 Å². The Bertz CT molecular complexity index is 1370. The molecule has 1 aliphatic rings. The molecule has 3 heterocycles. The van der Waals surface area contributed by atoms with E-state index >= 15 is 0 Å². The topological polar surface area (TPSA) is 88.1 Å². The fraction of sp³-hybridized carbons (Fsp3) is 0.273. The van der Waals surface area contributed by atoms with E-state index in [4.69, 9.17) is 4.98 Å². The molecule has 0 saturated carbocycles. The Morgan fingerprint density at radius 2 is 2.07 bits per heavy atom. The van der Waals surface area contributed by atoms with E-state index in [9.17, 15) is 14.4 Å². The molecule has 1 saturated heterocycles. The highest BCUT2D eigenvalue weighted by Crippen LogP contribution is 2.37. The first kappa shape index (κ1) is 18.7. The molecule has 152 valence electrons. The number of amides is 1. The van der Waals surface area contributed by atoms with Crippen molar-refractivity contribution in [3.05, 3.63) is 73.7 Å². The molecule has 8 heteroatoms. The molecule has 4 aromatic rings. The number of thiazole rings is 1. The highest BCUT2D eigenvalue weighted by atomic mass is 32.1. The van der Waals surface area contributed by atoms with Crippen LogP contribution in [0.2, 0.25) is 0 Å². The van der Waals surface area contributed by atoms with Gasteiger partial charge in [-0.1, -0.05) is 12.1 Å². The van der Waals surface area contributed by atoms with Crippen molar-refractivity contribution in [1.29, 1.82) is 0 Å². The predicted octanol–water partition coefficient (Wildman–Crippen LogP) is 3.30. The van der Waals surface area contributed by atoms with E-state index in [-0.39, 0.29) is 11.9 Å². The van der Waals surface area contributed by atoms with Gasteiger partial charge in [0.15, 0.2) is 0 Å². The number of rotatable bonds is 3. The number of aromatic amines is 1. The summed E-state index contributed by atoms with van der Waals surface area (Å²) in [6.45, 7) is 2.87. The lowest BCUT2D eigenvalue weighted by molar-refractivity contribution is 0.0735. The zero-order chi connectivity index (χ0) is 20.8. The number of nitrogens with zero attached hydrogens (tertiary/aromatic N) is 3. The van der Waals surface area contributed by atoms with E-state index in [0.29, 0.717) is 29.7 Å². The van der Waals surface area contributed by atoms with Gasteiger partial charge < -0.3 is 14.5 Å². The van der Waals surface area contributed by atoms with Gasteiger partial charge in [0.1, 0.15) is 5.01 Å². The number of aryl methyl sites for hydroxylation is 1.